The minimum absolute atomic E-state index is 0.0787. The Balaban J connectivity index is 1.76. The summed E-state index contributed by atoms with van der Waals surface area (Å²) in [6, 6.07) is 10.4. The number of thioether (sulfide) groups is 1. The van der Waals surface area contributed by atoms with E-state index in [2.05, 4.69) is 10.3 Å². The van der Waals surface area contributed by atoms with Crippen LogP contribution in [0.4, 0.5) is 5.69 Å². The summed E-state index contributed by atoms with van der Waals surface area (Å²) >= 11 is 1.18. The van der Waals surface area contributed by atoms with E-state index < -0.39 is 0 Å². The van der Waals surface area contributed by atoms with Gasteiger partial charge in [-0.05, 0) is 12.1 Å². The summed E-state index contributed by atoms with van der Waals surface area (Å²) in [7, 11) is 6.16. The number of nitrogens with one attached hydrogen (secondary N) is 1. The Bertz CT molecular complexity index is 1090. The molecule has 1 heterocycles. The fourth-order valence-electron chi connectivity index (χ4n) is 2.81. The monoisotopic (exact) mass is 415 g/mol. The third kappa shape index (κ3) is 4.29. The summed E-state index contributed by atoms with van der Waals surface area (Å²) in [4.78, 5) is 29.4. The molecule has 1 amide bonds. The number of fused-ring (bicyclic) bond motifs is 1. The Morgan fingerprint density at radius 2 is 1.76 bits per heavy atom. The maximum Gasteiger partial charge on any atom is 0.261 e. The number of para-hydroxylation sites is 1. The normalized spacial score (nSPS) is 10.6. The quantitative estimate of drug-likeness (QED) is 0.469. The molecule has 2 aromatic carbocycles. The molecular weight excluding hydrogens is 394 g/mol. The van der Waals surface area contributed by atoms with Crippen molar-refractivity contribution in [3.63, 3.8) is 0 Å². The van der Waals surface area contributed by atoms with Crippen LogP contribution in [-0.4, -0.2) is 42.5 Å². The highest BCUT2D eigenvalue weighted by molar-refractivity contribution is 7.99. The maximum absolute atomic E-state index is 12.5. The van der Waals surface area contributed by atoms with E-state index in [0.29, 0.717) is 39.0 Å². The second-order valence-corrected chi connectivity index (χ2v) is 6.97. The molecule has 152 valence electrons. The van der Waals surface area contributed by atoms with Gasteiger partial charge in [0.1, 0.15) is 0 Å². The first-order valence-corrected chi connectivity index (χ1v) is 9.65. The van der Waals surface area contributed by atoms with Gasteiger partial charge in [-0.1, -0.05) is 23.9 Å². The molecule has 0 spiro atoms. The van der Waals surface area contributed by atoms with Crippen LogP contribution in [0.5, 0.6) is 17.2 Å². The van der Waals surface area contributed by atoms with E-state index >= 15 is 0 Å². The molecule has 29 heavy (non-hydrogen) atoms. The number of aromatic nitrogens is 2. The highest BCUT2D eigenvalue weighted by Crippen LogP contribution is 2.39. The Morgan fingerprint density at radius 3 is 2.38 bits per heavy atom. The van der Waals surface area contributed by atoms with Crippen molar-refractivity contribution in [1.82, 2.24) is 9.55 Å². The summed E-state index contributed by atoms with van der Waals surface area (Å²) in [5.74, 6) is 1.14. The van der Waals surface area contributed by atoms with E-state index in [4.69, 9.17) is 14.2 Å². The van der Waals surface area contributed by atoms with Gasteiger partial charge in [-0.25, -0.2) is 4.98 Å². The van der Waals surface area contributed by atoms with Gasteiger partial charge in [-0.3, -0.25) is 14.2 Å². The van der Waals surface area contributed by atoms with Crippen molar-refractivity contribution >= 4 is 34.3 Å². The molecule has 0 bridgehead atoms. The SMILES string of the molecule is COc1cc(NC(=O)CSc2nc3ccccc3c(=O)n2C)cc(OC)c1OC. The molecule has 0 aliphatic carbocycles. The average molecular weight is 415 g/mol. The smallest absolute Gasteiger partial charge is 0.261 e. The summed E-state index contributed by atoms with van der Waals surface area (Å²) in [5.41, 5.74) is 0.955. The van der Waals surface area contributed by atoms with E-state index in [1.807, 2.05) is 6.07 Å². The van der Waals surface area contributed by atoms with Crippen LogP contribution >= 0.6 is 11.8 Å². The molecule has 3 rings (SSSR count). The van der Waals surface area contributed by atoms with Crippen molar-refractivity contribution in [2.45, 2.75) is 5.16 Å². The minimum Gasteiger partial charge on any atom is -0.493 e. The first-order chi connectivity index (χ1) is 14.0. The molecule has 1 N–H and O–H groups in total. The number of ether oxygens (including phenoxy) is 3. The second-order valence-electron chi connectivity index (χ2n) is 6.03. The van der Waals surface area contributed by atoms with Gasteiger partial charge in [0, 0.05) is 24.9 Å². The van der Waals surface area contributed by atoms with Crippen LogP contribution in [0.3, 0.4) is 0 Å². The first-order valence-electron chi connectivity index (χ1n) is 8.67. The van der Waals surface area contributed by atoms with Gasteiger partial charge in [0.05, 0.1) is 38.0 Å². The highest BCUT2D eigenvalue weighted by atomic mass is 32.2. The zero-order valence-electron chi connectivity index (χ0n) is 16.5. The van der Waals surface area contributed by atoms with Crippen LogP contribution in [0.25, 0.3) is 10.9 Å². The average Bonchev–Trinajstić information content (AvgIpc) is 2.74. The fourth-order valence-corrected chi connectivity index (χ4v) is 3.58. The number of benzene rings is 2. The molecule has 0 atom stereocenters. The summed E-state index contributed by atoms with van der Waals surface area (Å²) in [6.07, 6.45) is 0. The Labute approximate surface area is 171 Å². The topological polar surface area (TPSA) is 91.7 Å². The van der Waals surface area contributed by atoms with Gasteiger partial charge in [-0.2, -0.15) is 0 Å². The van der Waals surface area contributed by atoms with Crippen molar-refractivity contribution < 1.29 is 19.0 Å². The van der Waals surface area contributed by atoms with Crippen molar-refractivity contribution in [2.75, 3.05) is 32.4 Å². The van der Waals surface area contributed by atoms with Crippen molar-refractivity contribution in [2.24, 2.45) is 7.05 Å². The van der Waals surface area contributed by atoms with Crippen molar-refractivity contribution in [3.8, 4) is 17.2 Å². The molecular formula is C20H21N3O5S. The number of amides is 1. The van der Waals surface area contributed by atoms with Crippen LogP contribution in [0, 0.1) is 0 Å². The zero-order chi connectivity index (χ0) is 21.0. The Kier molecular flexibility index (Phi) is 6.28. The van der Waals surface area contributed by atoms with Crippen LogP contribution in [-0.2, 0) is 11.8 Å². The lowest BCUT2D eigenvalue weighted by molar-refractivity contribution is -0.113. The lowest BCUT2D eigenvalue weighted by Gasteiger charge is -2.14. The lowest BCUT2D eigenvalue weighted by atomic mass is 10.2. The standard InChI is InChI=1S/C20H21N3O5S/c1-23-19(25)13-7-5-6-8-14(13)22-20(23)29-11-17(24)21-12-9-15(26-2)18(28-4)16(10-12)27-3/h5-10H,11H2,1-4H3,(H,21,24). The maximum atomic E-state index is 12.5. The molecule has 1 aromatic heterocycles. The minimum atomic E-state index is -0.258. The number of nitrogens with zero attached hydrogens (tertiary/aromatic N) is 2. The van der Waals surface area contributed by atoms with Gasteiger partial charge >= 0.3 is 0 Å². The molecule has 0 aliphatic rings. The van der Waals surface area contributed by atoms with Gasteiger partial charge < -0.3 is 19.5 Å². The number of methoxy groups -OCH3 is 3. The molecule has 8 nitrogen and oxygen atoms in total. The molecule has 9 heteroatoms. The van der Waals surface area contributed by atoms with Gasteiger partial charge in [0.2, 0.25) is 11.7 Å². The number of hydrogen-bond acceptors (Lipinski definition) is 7. The van der Waals surface area contributed by atoms with E-state index in [1.54, 1.807) is 37.4 Å². The first kappa shape index (κ1) is 20.5. The van der Waals surface area contributed by atoms with Crippen LogP contribution in [0.2, 0.25) is 0 Å². The van der Waals surface area contributed by atoms with E-state index in [9.17, 15) is 9.59 Å². The predicted octanol–water partition coefficient (Wildman–Crippen LogP) is 2.69. The summed E-state index contributed by atoms with van der Waals surface area (Å²) < 4.78 is 17.3. The third-order valence-corrected chi connectivity index (χ3v) is 5.25. The van der Waals surface area contributed by atoms with Crippen LogP contribution in [0.1, 0.15) is 0 Å². The third-order valence-electron chi connectivity index (χ3n) is 4.22. The number of anilines is 1. The molecule has 0 saturated heterocycles. The van der Waals surface area contributed by atoms with Crippen molar-refractivity contribution in [1.29, 1.82) is 0 Å². The summed E-state index contributed by atoms with van der Waals surface area (Å²) in [5, 5.41) is 3.80. The van der Waals surface area contributed by atoms with E-state index in [-0.39, 0.29) is 17.2 Å². The molecule has 0 fully saturated rings. The number of carbonyl (C=O) groups is 1. The Morgan fingerprint density at radius 1 is 1.10 bits per heavy atom. The molecule has 0 unspecified atom stereocenters. The number of hydrogen-bond donors (Lipinski definition) is 1. The highest BCUT2D eigenvalue weighted by Gasteiger charge is 2.15. The van der Waals surface area contributed by atoms with E-state index in [0.717, 1.165) is 0 Å². The van der Waals surface area contributed by atoms with Gasteiger partial charge in [0.25, 0.3) is 5.56 Å². The van der Waals surface area contributed by atoms with Gasteiger partial charge in [-0.15, -0.1) is 0 Å². The van der Waals surface area contributed by atoms with Crippen LogP contribution in [0.15, 0.2) is 46.3 Å². The molecule has 0 saturated carbocycles. The number of carbonyl (C=O) groups excluding carboxylic acids is 1. The van der Waals surface area contributed by atoms with Gasteiger partial charge in [0.15, 0.2) is 16.7 Å². The largest absolute Gasteiger partial charge is 0.493 e. The molecule has 3 aromatic rings. The predicted molar refractivity (Wildman–Crippen MR) is 112 cm³/mol. The van der Waals surface area contributed by atoms with E-state index in [1.165, 1.54) is 37.7 Å². The lowest BCUT2D eigenvalue weighted by Crippen LogP contribution is -2.21. The molecule has 0 radical (unpaired) electrons. The van der Waals surface area contributed by atoms with Crippen LogP contribution < -0.4 is 25.1 Å². The Hall–Kier alpha value is -3.20. The fraction of sp³-hybridized carbons (Fsp3) is 0.250. The molecule has 0 aliphatic heterocycles. The summed E-state index contributed by atoms with van der Waals surface area (Å²) in [6.45, 7) is 0. The second kappa shape index (κ2) is 8.87. The zero-order valence-corrected chi connectivity index (χ0v) is 17.3. The van der Waals surface area contributed by atoms with Crippen molar-refractivity contribution in [3.05, 3.63) is 46.8 Å². The number of rotatable bonds is 7.